The highest BCUT2D eigenvalue weighted by molar-refractivity contribution is 4.90. The predicted molar refractivity (Wildman–Crippen MR) is 65.3 cm³/mol. The van der Waals surface area contributed by atoms with Gasteiger partial charge in [-0.05, 0) is 19.8 Å². The van der Waals surface area contributed by atoms with Gasteiger partial charge in [0, 0.05) is 12.5 Å². The molecule has 1 aliphatic carbocycles. The third-order valence-electron chi connectivity index (χ3n) is 3.65. The number of nitrogens with zero attached hydrogens (tertiary/aromatic N) is 3. The van der Waals surface area contributed by atoms with E-state index >= 15 is 0 Å². The van der Waals surface area contributed by atoms with Crippen LogP contribution in [0, 0.1) is 5.92 Å². The number of aromatic nitrogens is 3. The number of hydrogen-bond acceptors (Lipinski definition) is 2. The Balaban J connectivity index is 1.99. The first kappa shape index (κ1) is 11.6. The van der Waals surface area contributed by atoms with Gasteiger partial charge in [-0.15, -0.1) is 10.2 Å². The van der Waals surface area contributed by atoms with Crippen LogP contribution in [0.4, 0.5) is 0 Å². The maximum absolute atomic E-state index is 4.28. The Morgan fingerprint density at radius 3 is 2.56 bits per heavy atom. The Morgan fingerprint density at radius 1 is 1.25 bits per heavy atom. The average molecular weight is 221 g/mol. The largest absolute Gasteiger partial charge is 0.315 e. The summed E-state index contributed by atoms with van der Waals surface area (Å²) in [6.07, 6.45) is 11.4. The molecule has 1 aromatic heterocycles. The molecule has 0 aliphatic heterocycles. The number of rotatable bonds is 3. The zero-order chi connectivity index (χ0) is 11.4. The van der Waals surface area contributed by atoms with Gasteiger partial charge >= 0.3 is 0 Å². The van der Waals surface area contributed by atoms with Crippen molar-refractivity contribution in [2.45, 2.75) is 64.8 Å². The van der Waals surface area contributed by atoms with Gasteiger partial charge in [0.15, 0.2) is 0 Å². The molecule has 1 aromatic rings. The molecule has 0 radical (unpaired) electrons. The van der Waals surface area contributed by atoms with E-state index in [0.717, 1.165) is 12.3 Å². The van der Waals surface area contributed by atoms with Crippen LogP contribution in [0.5, 0.6) is 0 Å². The molecule has 3 heteroatoms. The minimum Gasteiger partial charge on any atom is -0.315 e. The van der Waals surface area contributed by atoms with Crippen LogP contribution in [0.25, 0.3) is 0 Å². The van der Waals surface area contributed by atoms with Crippen molar-refractivity contribution in [3.05, 3.63) is 12.2 Å². The second-order valence-electron chi connectivity index (χ2n) is 5.31. The van der Waals surface area contributed by atoms with Crippen molar-refractivity contribution in [3.8, 4) is 0 Å². The monoisotopic (exact) mass is 221 g/mol. The van der Waals surface area contributed by atoms with Crippen LogP contribution in [0.15, 0.2) is 6.33 Å². The topological polar surface area (TPSA) is 30.7 Å². The van der Waals surface area contributed by atoms with E-state index in [1.165, 1.54) is 44.3 Å². The normalized spacial score (nSPS) is 18.9. The predicted octanol–water partition coefficient (Wildman–Crippen LogP) is 3.37. The van der Waals surface area contributed by atoms with E-state index in [2.05, 4.69) is 28.6 Å². The van der Waals surface area contributed by atoms with Crippen LogP contribution in [-0.2, 0) is 6.42 Å². The van der Waals surface area contributed by atoms with Gasteiger partial charge < -0.3 is 4.57 Å². The van der Waals surface area contributed by atoms with Crippen molar-refractivity contribution in [1.29, 1.82) is 0 Å². The molecule has 0 spiro atoms. The first-order valence-electron chi connectivity index (χ1n) is 6.65. The summed E-state index contributed by atoms with van der Waals surface area (Å²) in [5.41, 5.74) is 0. The summed E-state index contributed by atoms with van der Waals surface area (Å²) in [6.45, 7) is 4.39. The molecule has 90 valence electrons. The molecule has 0 N–H and O–H groups in total. The quantitative estimate of drug-likeness (QED) is 0.733. The summed E-state index contributed by atoms with van der Waals surface area (Å²) in [5.74, 6) is 2.02. The standard InChI is InChI=1S/C13H23N3/c1-11(2)16-10-14-15-13(16)9-12-7-5-3-4-6-8-12/h10-12H,3-9H2,1-2H3. The fourth-order valence-electron chi connectivity index (χ4n) is 2.67. The Morgan fingerprint density at radius 2 is 1.94 bits per heavy atom. The van der Waals surface area contributed by atoms with E-state index in [1.54, 1.807) is 0 Å². The third-order valence-corrected chi connectivity index (χ3v) is 3.65. The van der Waals surface area contributed by atoms with Gasteiger partial charge in [0.2, 0.25) is 0 Å². The maximum atomic E-state index is 4.28. The molecule has 0 aromatic carbocycles. The summed E-state index contributed by atoms with van der Waals surface area (Å²) in [6, 6.07) is 0.482. The van der Waals surface area contributed by atoms with E-state index in [1.807, 2.05) is 6.33 Å². The molecule has 1 heterocycles. The molecule has 1 saturated carbocycles. The smallest absolute Gasteiger partial charge is 0.133 e. The van der Waals surface area contributed by atoms with Gasteiger partial charge in [0.05, 0.1) is 0 Å². The minimum absolute atomic E-state index is 0.482. The van der Waals surface area contributed by atoms with E-state index < -0.39 is 0 Å². The van der Waals surface area contributed by atoms with Gasteiger partial charge in [-0.3, -0.25) is 0 Å². The van der Waals surface area contributed by atoms with Crippen LogP contribution < -0.4 is 0 Å². The second kappa shape index (κ2) is 5.46. The van der Waals surface area contributed by atoms with Crippen molar-refractivity contribution >= 4 is 0 Å². The second-order valence-corrected chi connectivity index (χ2v) is 5.31. The Kier molecular flexibility index (Phi) is 3.97. The highest BCUT2D eigenvalue weighted by Gasteiger charge is 2.16. The first-order chi connectivity index (χ1) is 7.77. The van der Waals surface area contributed by atoms with Crippen molar-refractivity contribution in [2.24, 2.45) is 5.92 Å². The lowest BCUT2D eigenvalue weighted by molar-refractivity contribution is 0.430. The summed E-state index contributed by atoms with van der Waals surface area (Å²) in [5, 5.41) is 8.32. The lowest BCUT2D eigenvalue weighted by Crippen LogP contribution is -2.11. The SMILES string of the molecule is CC(C)n1cnnc1CC1CCCCCC1. The van der Waals surface area contributed by atoms with Gasteiger partial charge in [0.25, 0.3) is 0 Å². The van der Waals surface area contributed by atoms with E-state index in [0.29, 0.717) is 6.04 Å². The van der Waals surface area contributed by atoms with E-state index in [9.17, 15) is 0 Å². The van der Waals surface area contributed by atoms with Crippen molar-refractivity contribution in [1.82, 2.24) is 14.8 Å². The van der Waals surface area contributed by atoms with Crippen LogP contribution in [0.1, 0.15) is 64.2 Å². The summed E-state index contributed by atoms with van der Waals surface area (Å²) >= 11 is 0. The highest BCUT2D eigenvalue weighted by Crippen LogP contribution is 2.25. The van der Waals surface area contributed by atoms with Crippen LogP contribution in [0.2, 0.25) is 0 Å². The van der Waals surface area contributed by atoms with Crippen molar-refractivity contribution < 1.29 is 0 Å². The summed E-state index contributed by atoms with van der Waals surface area (Å²) < 4.78 is 2.21. The van der Waals surface area contributed by atoms with Gasteiger partial charge in [-0.25, -0.2) is 0 Å². The molecule has 2 rings (SSSR count). The van der Waals surface area contributed by atoms with Gasteiger partial charge in [-0.2, -0.15) is 0 Å². The van der Waals surface area contributed by atoms with Crippen LogP contribution in [-0.4, -0.2) is 14.8 Å². The molecule has 0 unspecified atom stereocenters. The molecule has 0 bridgehead atoms. The first-order valence-corrected chi connectivity index (χ1v) is 6.65. The average Bonchev–Trinajstić information content (AvgIpc) is 2.55. The zero-order valence-corrected chi connectivity index (χ0v) is 10.5. The minimum atomic E-state index is 0.482. The molecule has 1 aliphatic rings. The molecule has 0 amide bonds. The fourth-order valence-corrected chi connectivity index (χ4v) is 2.67. The molecule has 3 nitrogen and oxygen atoms in total. The van der Waals surface area contributed by atoms with Gasteiger partial charge in [-0.1, -0.05) is 38.5 Å². The molecule has 1 fully saturated rings. The van der Waals surface area contributed by atoms with Crippen molar-refractivity contribution in [2.75, 3.05) is 0 Å². The molecular weight excluding hydrogens is 198 g/mol. The molecular formula is C13H23N3. The fraction of sp³-hybridized carbons (Fsp3) is 0.846. The lowest BCUT2D eigenvalue weighted by atomic mass is 9.96. The van der Waals surface area contributed by atoms with E-state index in [-0.39, 0.29) is 0 Å². The van der Waals surface area contributed by atoms with Crippen molar-refractivity contribution in [3.63, 3.8) is 0 Å². The molecule has 0 saturated heterocycles. The maximum Gasteiger partial charge on any atom is 0.133 e. The van der Waals surface area contributed by atoms with Gasteiger partial charge in [0.1, 0.15) is 12.2 Å². The molecule has 16 heavy (non-hydrogen) atoms. The third kappa shape index (κ3) is 2.83. The summed E-state index contributed by atoms with van der Waals surface area (Å²) in [4.78, 5) is 0. The highest BCUT2D eigenvalue weighted by atomic mass is 15.3. The molecule has 0 atom stereocenters. The zero-order valence-electron chi connectivity index (χ0n) is 10.5. The van der Waals surface area contributed by atoms with Crippen LogP contribution >= 0.6 is 0 Å². The lowest BCUT2D eigenvalue weighted by Gasteiger charge is -2.15. The summed E-state index contributed by atoms with van der Waals surface area (Å²) in [7, 11) is 0. The Hall–Kier alpha value is -0.860. The van der Waals surface area contributed by atoms with E-state index in [4.69, 9.17) is 0 Å². The van der Waals surface area contributed by atoms with Crippen LogP contribution in [0.3, 0.4) is 0 Å². The number of hydrogen-bond donors (Lipinski definition) is 0. The Bertz CT molecular complexity index is 309. The Labute approximate surface area is 98.3 Å².